The third-order valence-corrected chi connectivity index (χ3v) is 3.83. The standard InChI is InChI=1S/C20H25NO4/c1-20(2,3)15-6-4-5-7-18(15)25-13-19(24)21-11-10-14-8-9-16(22)17(23)12-14/h4-9,12,22-23H,10-11,13H2,1-3H3,(H,21,24). The normalized spacial score (nSPS) is 11.2. The number of rotatable bonds is 6. The van der Waals surface area contributed by atoms with Gasteiger partial charge in [0.05, 0.1) is 0 Å². The zero-order chi connectivity index (χ0) is 18.4. The molecule has 0 saturated heterocycles. The van der Waals surface area contributed by atoms with E-state index < -0.39 is 0 Å². The monoisotopic (exact) mass is 343 g/mol. The molecular weight excluding hydrogens is 318 g/mol. The van der Waals surface area contributed by atoms with Crippen LogP contribution in [0.3, 0.4) is 0 Å². The van der Waals surface area contributed by atoms with Crippen molar-refractivity contribution in [2.45, 2.75) is 32.6 Å². The van der Waals surface area contributed by atoms with Crippen LogP contribution in [0, 0.1) is 0 Å². The van der Waals surface area contributed by atoms with Gasteiger partial charge in [0.25, 0.3) is 5.91 Å². The predicted molar refractivity (Wildman–Crippen MR) is 97.1 cm³/mol. The molecule has 0 saturated carbocycles. The number of carbonyl (C=O) groups is 1. The zero-order valence-corrected chi connectivity index (χ0v) is 14.9. The Kier molecular flexibility index (Phi) is 5.91. The van der Waals surface area contributed by atoms with E-state index in [1.165, 1.54) is 12.1 Å². The summed E-state index contributed by atoms with van der Waals surface area (Å²) in [6.45, 7) is 6.67. The number of nitrogens with one attached hydrogen (secondary N) is 1. The summed E-state index contributed by atoms with van der Waals surface area (Å²) < 4.78 is 5.68. The molecule has 0 radical (unpaired) electrons. The number of benzene rings is 2. The van der Waals surface area contributed by atoms with E-state index in [4.69, 9.17) is 4.74 Å². The molecule has 3 N–H and O–H groups in total. The first kappa shape index (κ1) is 18.6. The Morgan fingerprint density at radius 2 is 1.80 bits per heavy atom. The highest BCUT2D eigenvalue weighted by molar-refractivity contribution is 5.77. The van der Waals surface area contributed by atoms with Crippen LogP contribution in [0.2, 0.25) is 0 Å². The molecule has 0 fully saturated rings. The number of amides is 1. The van der Waals surface area contributed by atoms with Gasteiger partial charge in [-0.25, -0.2) is 0 Å². The number of phenols is 2. The van der Waals surface area contributed by atoms with Gasteiger partial charge in [-0.1, -0.05) is 45.0 Å². The van der Waals surface area contributed by atoms with Gasteiger partial charge in [-0.15, -0.1) is 0 Å². The van der Waals surface area contributed by atoms with Crippen LogP contribution in [0.15, 0.2) is 42.5 Å². The summed E-state index contributed by atoms with van der Waals surface area (Å²) in [5.74, 6) is 0.199. The minimum absolute atomic E-state index is 0.0477. The van der Waals surface area contributed by atoms with E-state index in [-0.39, 0.29) is 29.4 Å². The Labute approximate surface area is 148 Å². The first-order chi connectivity index (χ1) is 11.8. The fourth-order valence-electron chi connectivity index (χ4n) is 2.48. The second kappa shape index (κ2) is 7.92. The van der Waals surface area contributed by atoms with Crippen LogP contribution in [0.4, 0.5) is 0 Å². The third-order valence-electron chi connectivity index (χ3n) is 3.83. The Morgan fingerprint density at radius 3 is 2.48 bits per heavy atom. The molecule has 0 bridgehead atoms. The van der Waals surface area contributed by atoms with Gasteiger partial charge in [-0.05, 0) is 41.2 Å². The number of carbonyl (C=O) groups excluding carboxylic acids is 1. The van der Waals surface area contributed by atoms with Gasteiger partial charge < -0.3 is 20.3 Å². The second-order valence-corrected chi connectivity index (χ2v) is 6.96. The highest BCUT2D eigenvalue weighted by Crippen LogP contribution is 2.30. The highest BCUT2D eigenvalue weighted by Gasteiger charge is 2.18. The van der Waals surface area contributed by atoms with E-state index in [0.29, 0.717) is 18.7 Å². The molecule has 5 heteroatoms. The first-order valence-electron chi connectivity index (χ1n) is 8.27. The number of hydrogen-bond acceptors (Lipinski definition) is 4. The molecule has 0 atom stereocenters. The lowest BCUT2D eigenvalue weighted by Crippen LogP contribution is -2.31. The number of aromatic hydroxyl groups is 2. The van der Waals surface area contributed by atoms with E-state index in [1.54, 1.807) is 6.07 Å². The van der Waals surface area contributed by atoms with Crippen LogP contribution in [-0.4, -0.2) is 29.3 Å². The molecule has 0 aliphatic carbocycles. The van der Waals surface area contributed by atoms with E-state index >= 15 is 0 Å². The van der Waals surface area contributed by atoms with Gasteiger partial charge >= 0.3 is 0 Å². The van der Waals surface area contributed by atoms with E-state index in [9.17, 15) is 15.0 Å². The van der Waals surface area contributed by atoms with Crippen molar-refractivity contribution < 1.29 is 19.7 Å². The molecular formula is C20H25NO4. The zero-order valence-electron chi connectivity index (χ0n) is 14.9. The fourth-order valence-corrected chi connectivity index (χ4v) is 2.48. The number of para-hydroxylation sites is 1. The summed E-state index contributed by atoms with van der Waals surface area (Å²) in [4.78, 5) is 12.0. The van der Waals surface area contributed by atoms with Crippen LogP contribution in [0.25, 0.3) is 0 Å². The molecule has 0 spiro atoms. The molecule has 2 rings (SSSR count). The van der Waals surface area contributed by atoms with Crippen molar-refractivity contribution in [3.8, 4) is 17.2 Å². The minimum Gasteiger partial charge on any atom is -0.504 e. The van der Waals surface area contributed by atoms with E-state index in [1.807, 2.05) is 24.3 Å². The van der Waals surface area contributed by atoms with Crippen LogP contribution in [-0.2, 0) is 16.6 Å². The van der Waals surface area contributed by atoms with Gasteiger partial charge in [-0.2, -0.15) is 0 Å². The maximum absolute atomic E-state index is 12.0. The Hall–Kier alpha value is -2.69. The lowest BCUT2D eigenvalue weighted by molar-refractivity contribution is -0.123. The smallest absolute Gasteiger partial charge is 0.257 e. The lowest BCUT2D eigenvalue weighted by atomic mass is 9.86. The molecule has 2 aromatic carbocycles. The topological polar surface area (TPSA) is 78.8 Å². The van der Waals surface area contributed by atoms with Crippen molar-refractivity contribution in [3.05, 3.63) is 53.6 Å². The van der Waals surface area contributed by atoms with Crippen LogP contribution in [0.1, 0.15) is 31.9 Å². The SMILES string of the molecule is CC(C)(C)c1ccccc1OCC(=O)NCCc1ccc(O)c(O)c1. The van der Waals surface area contributed by atoms with Crippen LogP contribution < -0.4 is 10.1 Å². The average molecular weight is 343 g/mol. The summed E-state index contributed by atoms with van der Waals surface area (Å²) in [6.07, 6.45) is 0.554. The van der Waals surface area contributed by atoms with Gasteiger partial charge in [-0.3, -0.25) is 4.79 Å². The molecule has 0 aliphatic rings. The predicted octanol–water partition coefficient (Wildman–Crippen LogP) is 3.13. The van der Waals surface area contributed by atoms with E-state index in [2.05, 4.69) is 26.1 Å². The van der Waals surface area contributed by atoms with E-state index in [0.717, 1.165) is 11.1 Å². The lowest BCUT2D eigenvalue weighted by Gasteiger charge is -2.22. The van der Waals surface area contributed by atoms with Crippen LogP contribution >= 0.6 is 0 Å². The average Bonchev–Trinajstić information content (AvgIpc) is 2.55. The molecule has 0 unspecified atom stereocenters. The molecule has 0 aromatic heterocycles. The second-order valence-electron chi connectivity index (χ2n) is 6.96. The maximum atomic E-state index is 12.0. The van der Waals surface area contributed by atoms with Gasteiger partial charge in [0.15, 0.2) is 18.1 Å². The van der Waals surface area contributed by atoms with Crippen molar-refractivity contribution in [3.63, 3.8) is 0 Å². The van der Waals surface area contributed by atoms with Gasteiger partial charge in [0, 0.05) is 6.54 Å². The van der Waals surface area contributed by atoms with Crippen molar-refractivity contribution in [2.24, 2.45) is 0 Å². The molecule has 2 aromatic rings. The molecule has 25 heavy (non-hydrogen) atoms. The summed E-state index contributed by atoms with van der Waals surface area (Å²) in [6, 6.07) is 12.3. The third kappa shape index (κ3) is 5.41. The largest absolute Gasteiger partial charge is 0.504 e. The van der Waals surface area contributed by atoms with Gasteiger partial charge in [0.1, 0.15) is 5.75 Å². The molecule has 134 valence electrons. The molecule has 5 nitrogen and oxygen atoms in total. The van der Waals surface area contributed by atoms with Crippen molar-refractivity contribution in [1.29, 1.82) is 0 Å². The minimum atomic E-state index is -0.202. The summed E-state index contributed by atoms with van der Waals surface area (Å²) >= 11 is 0. The number of ether oxygens (including phenoxy) is 1. The highest BCUT2D eigenvalue weighted by atomic mass is 16.5. The van der Waals surface area contributed by atoms with Gasteiger partial charge in [0.2, 0.25) is 0 Å². The Morgan fingerprint density at radius 1 is 1.08 bits per heavy atom. The molecule has 1 amide bonds. The number of phenolic OH excluding ortho intramolecular Hbond substituents is 2. The first-order valence-corrected chi connectivity index (χ1v) is 8.27. The van der Waals surface area contributed by atoms with Crippen molar-refractivity contribution in [1.82, 2.24) is 5.32 Å². The fraction of sp³-hybridized carbons (Fsp3) is 0.350. The summed E-state index contributed by atoms with van der Waals surface area (Å²) in [7, 11) is 0. The Bertz CT molecular complexity index is 735. The van der Waals surface area contributed by atoms with Crippen molar-refractivity contribution >= 4 is 5.91 Å². The maximum Gasteiger partial charge on any atom is 0.257 e. The molecule has 0 aliphatic heterocycles. The quantitative estimate of drug-likeness (QED) is 0.704. The summed E-state index contributed by atoms with van der Waals surface area (Å²) in [5, 5.41) is 21.5. The van der Waals surface area contributed by atoms with Crippen molar-refractivity contribution in [2.75, 3.05) is 13.2 Å². The Balaban J connectivity index is 1.82. The summed E-state index contributed by atoms with van der Waals surface area (Å²) in [5.41, 5.74) is 1.82. The molecule has 0 heterocycles. The number of hydrogen-bond donors (Lipinski definition) is 3. The van der Waals surface area contributed by atoms with Crippen LogP contribution in [0.5, 0.6) is 17.2 Å².